The standard InChI is InChI=1S/C14H20N2O3S2/c1-9(17)8-15-21(18,19)10-5-6-11-12(7-10)20-13(16-11)14(2,3)4/h5-7,9,15,17H,8H2,1-4H3. The lowest BCUT2D eigenvalue weighted by Gasteiger charge is -2.13. The van der Waals surface area contributed by atoms with Gasteiger partial charge in [-0.05, 0) is 25.1 Å². The highest BCUT2D eigenvalue weighted by Crippen LogP contribution is 2.32. The molecule has 0 bridgehead atoms. The molecular formula is C14H20N2O3S2. The van der Waals surface area contributed by atoms with Crippen LogP contribution in [0.25, 0.3) is 10.2 Å². The molecule has 116 valence electrons. The molecule has 1 heterocycles. The van der Waals surface area contributed by atoms with Crippen LogP contribution in [-0.2, 0) is 15.4 Å². The summed E-state index contributed by atoms with van der Waals surface area (Å²) in [5.74, 6) is 0. The molecule has 0 amide bonds. The lowest BCUT2D eigenvalue weighted by molar-refractivity contribution is 0.198. The fourth-order valence-electron chi connectivity index (χ4n) is 1.71. The predicted molar refractivity (Wildman–Crippen MR) is 85.2 cm³/mol. The maximum Gasteiger partial charge on any atom is 0.240 e. The molecule has 2 rings (SSSR count). The number of hydrogen-bond donors (Lipinski definition) is 2. The van der Waals surface area contributed by atoms with Gasteiger partial charge in [0.2, 0.25) is 10.0 Å². The van der Waals surface area contributed by atoms with Gasteiger partial charge in [-0.25, -0.2) is 18.1 Å². The Balaban J connectivity index is 2.39. The van der Waals surface area contributed by atoms with Crippen LogP contribution >= 0.6 is 11.3 Å². The molecule has 2 N–H and O–H groups in total. The summed E-state index contributed by atoms with van der Waals surface area (Å²) in [4.78, 5) is 4.74. The number of aliphatic hydroxyl groups excluding tert-OH is 1. The Morgan fingerprint density at radius 3 is 2.62 bits per heavy atom. The van der Waals surface area contributed by atoms with E-state index >= 15 is 0 Å². The SMILES string of the molecule is CC(O)CNS(=O)(=O)c1ccc2nc(C(C)(C)C)sc2c1. The van der Waals surface area contributed by atoms with Gasteiger partial charge in [0.1, 0.15) is 0 Å². The minimum absolute atomic E-state index is 0.00367. The van der Waals surface area contributed by atoms with Gasteiger partial charge in [0.25, 0.3) is 0 Å². The smallest absolute Gasteiger partial charge is 0.240 e. The summed E-state index contributed by atoms with van der Waals surface area (Å²) in [6.07, 6.45) is -0.723. The van der Waals surface area contributed by atoms with Crippen molar-refractivity contribution in [1.29, 1.82) is 0 Å². The van der Waals surface area contributed by atoms with Gasteiger partial charge in [-0.1, -0.05) is 20.8 Å². The summed E-state index contributed by atoms with van der Waals surface area (Å²) >= 11 is 1.51. The van der Waals surface area contributed by atoms with E-state index < -0.39 is 16.1 Å². The Hall–Kier alpha value is -1.02. The van der Waals surface area contributed by atoms with Crippen LogP contribution in [-0.4, -0.2) is 31.2 Å². The number of aromatic nitrogens is 1. The quantitative estimate of drug-likeness (QED) is 0.902. The Bertz CT molecular complexity index is 743. The van der Waals surface area contributed by atoms with Crippen LogP contribution in [0.15, 0.2) is 23.1 Å². The minimum Gasteiger partial charge on any atom is -0.392 e. The van der Waals surface area contributed by atoms with Gasteiger partial charge in [0, 0.05) is 12.0 Å². The lowest BCUT2D eigenvalue weighted by Crippen LogP contribution is -2.30. The van der Waals surface area contributed by atoms with E-state index in [2.05, 4.69) is 30.5 Å². The first-order valence-electron chi connectivity index (χ1n) is 6.68. The molecule has 0 radical (unpaired) electrons. The van der Waals surface area contributed by atoms with Crippen molar-refractivity contribution in [3.05, 3.63) is 23.2 Å². The van der Waals surface area contributed by atoms with E-state index in [4.69, 9.17) is 0 Å². The van der Waals surface area contributed by atoms with Crippen LogP contribution in [0.1, 0.15) is 32.7 Å². The molecule has 1 aromatic heterocycles. The van der Waals surface area contributed by atoms with Gasteiger partial charge < -0.3 is 5.11 Å². The van der Waals surface area contributed by atoms with Crippen molar-refractivity contribution in [3.63, 3.8) is 0 Å². The van der Waals surface area contributed by atoms with Crippen LogP contribution < -0.4 is 4.72 Å². The number of benzene rings is 1. The molecule has 1 atom stereocenters. The normalized spacial score (nSPS) is 14.5. The second-order valence-corrected chi connectivity index (χ2v) is 8.90. The molecule has 0 aliphatic carbocycles. The first kappa shape index (κ1) is 16.4. The maximum absolute atomic E-state index is 12.1. The van der Waals surface area contributed by atoms with Crippen LogP contribution in [0.5, 0.6) is 0 Å². The van der Waals surface area contributed by atoms with Crippen LogP contribution in [0.4, 0.5) is 0 Å². The Morgan fingerprint density at radius 1 is 1.38 bits per heavy atom. The van der Waals surface area contributed by atoms with Crippen molar-refractivity contribution in [1.82, 2.24) is 9.71 Å². The lowest BCUT2D eigenvalue weighted by atomic mass is 9.98. The van der Waals surface area contributed by atoms with Crippen LogP contribution in [0.3, 0.4) is 0 Å². The average molecular weight is 328 g/mol. The van der Waals surface area contributed by atoms with Crippen molar-refractivity contribution in [3.8, 4) is 0 Å². The molecule has 0 aliphatic rings. The van der Waals surface area contributed by atoms with E-state index in [-0.39, 0.29) is 16.9 Å². The Kier molecular flexibility index (Phi) is 4.39. The first-order chi connectivity index (χ1) is 9.59. The molecule has 1 unspecified atom stereocenters. The summed E-state index contributed by atoms with van der Waals surface area (Å²) < 4.78 is 27.5. The van der Waals surface area contributed by atoms with Gasteiger partial charge >= 0.3 is 0 Å². The van der Waals surface area contributed by atoms with Crippen LogP contribution in [0.2, 0.25) is 0 Å². The summed E-state index contributed by atoms with van der Waals surface area (Å²) in [6, 6.07) is 4.89. The van der Waals surface area contributed by atoms with Crippen molar-refractivity contribution < 1.29 is 13.5 Å². The average Bonchev–Trinajstić information content (AvgIpc) is 2.79. The van der Waals surface area contributed by atoms with E-state index in [1.54, 1.807) is 18.2 Å². The maximum atomic E-state index is 12.1. The molecule has 2 aromatic rings. The topological polar surface area (TPSA) is 79.3 Å². The third-order valence-corrected chi connectivity index (χ3v) is 5.75. The van der Waals surface area contributed by atoms with E-state index in [0.717, 1.165) is 15.2 Å². The zero-order valence-corrected chi connectivity index (χ0v) is 14.2. The van der Waals surface area contributed by atoms with Gasteiger partial charge in [0.15, 0.2) is 0 Å². The Morgan fingerprint density at radius 2 is 2.05 bits per heavy atom. The molecule has 0 fully saturated rings. The summed E-state index contributed by atoms with van der Waals surface area (Å²) in [7, 11) is -3.60. The largest absolute Gasteiger partial charge is 0.392 e. The van der Waals surface area contributed by atoms with E-state index in [1.165, 1.54) is 18.3 Å². The van der Waals surface area contributed by atoms with Gasteiger partial charge in [0.05, 0.1) is 26.2 Å². The van der Waals surface area contributed by atoms with Crippen molar-refractivity contribution >= 4 is 31.6 Å². The van der Waals surface area contributed by atoms with Gasteiger partial charge in [-0.2, -0.15) is 0 Å². The molecule has 1 aromatic carbocycles. The van der Waals surface area contributed by atoms with E-state index in [0.29, 0.717) is 0 Å². The number of hydrogen-bond acceptors (Lipinski definition) is 5. The molecule has 0 saturated carbocycles. The third kappa shape index (κ3) is 3.79. The fourth-order valence-corrected chi connectivity index (χ4v) is 3.99. The number of nitrogens with zero attached hydrogens (tertiary/aromatic N) is 1. The molecular weight excluding hydrogens is 308 g/mol. The number of thiazole rings is 1. The monoisotopic (exact) mass is 328 g/mol. The summed E-state index contributed by atoms with van der Waals surface area (Å²) in [6.45, 7) is 7.76. The number of nitrogens with one attached hydrogen (secondary N) is 1. The van der Waals surface area contributed by atoms with Crippen molar-refractivity contribution in [2.24, 2.45) is 0 Å². The van der Waals surface area contributed by atoms with Gasteiger partial charge in [-0.3, -0.25) is 0 Å². The van der Waals surface area contributed by atoms with Gasteiger partial charge in [-0.15, -0.1) is 11.3 Å². The minimum atomic E-state index is -3.60. The number of sulfonamides is 1. The van der Waals surface area contributed by atoms with Crippen LogP contribution in [0, 0.1) is 0 Å². The van der Waals surface area contributed by atoms with E-state index in [9.17, 15) is 13.5 Å². The van der Waals surface area contributed by atoms with E-state index in [1.807, 2.05) is 0 Å². The number of aliphatic hydroxyl groups is 1. The highest BCUT2D eigenvalue weighted by Gasteiger charge is 2.20. The highest BCUT2D eigenvalue weighted by atomic mass is 32.2. The fraction of sp³-hybridized carbons (Fsp3) is 0.500. The molecule has 5 nitrogen and oxygen atoms in total. The first-order valence-corrected chi connectivity index (χ1v) is 8.98. The molecule has 0 saturated heterocycles. The second-order valence-electron chi connectivity index (χ2n) is 6.10. The number of fused-ring (bicyclic) bond motifs is 1. The summed E-state index contributed by atoms with van der Waals surface area (Å²) in [5, 5.41) is 10.2. The van der Waals surface area contributed by atoms with Crippen molar-refractivity contribution in [2.45, 2.75) is 44.1 Å². The predicted octanol–water partition coefficient (Wildman–Crippen LogP) is 2.25. The molecule has 21 heavy (non-hydrogen) atoms. The summed E-state index contributed by atoms with van der Waals surface area (Å²) in [5.41, 5.74) is 0.743. The zero-order chi connectivity index (χ0) is 15.8. The second kappa shape index (κ2) is 5.64. The number of rotatable bonds is 4. The zero-order valence-electron chi connectivity index (χ0n) is 12.5. The third-order valence-electron chi connectivity index (χ3n) is 2.88. The molecule has 0 spiro atoms. The Labute approximate surface area is 129 Å². The highest BCUT2D eigenvalue weighted by molar-refractivity contribution is 7.89. The molecule has 0 aliphatic heterocycles. The van der Waals surface area contributed by atoms with Crippen molar-refractivity contribution in [2.75, 3.05) is 6.54 Å². The molecule has 7 heteroatoms.